The SMILES string of the molecule is Cc1cccc(-c2cnc3occ(-c4ccc(C(=O)O)c(C5CCCC5)c4)c3c2)c1. The first-order chi connectivity index (χ1) is 14.6. The fraction of sp³-hybridized carbons (Fsp3) is 0.231. The van der Waals surface area contributed by atoms with Gasteiger partial charge in [0, 0.05) is 22.7 Å². The Labute approximate surface area is 175 Å². The molecule has 4 aromatic rings. The zero-order valence-corrected chi connectivity index (χ0v) is 16.9. The van der Waals surface area contributed by atoms with E-state index in [2.05, 4.69) is 36.2 Å². The number of aryl methyl sites for hydroxylation is 1. The number of carbonyl (C=O) groups is 1. The molecule has 4 heteroatoms. The van der Waals surface area contributed by atoms with Crippen LogP contribution < -0.4 is 0 Å². The third-order valence-corrected chi connectivity index (χ3v) is 6.17. The highest BCUT2D eigenvalue weighted by molar-refractivity contribution is 5.96. The number of rotatable bonds is 4. The van der Waals surface area contributed by atoms with Gasteiger partial charge in [-0.3, -0.25) is 0 Å². The van der Waals surface area contributed by atoms with Crippen molar-refractivity contribution >= 4 is 17.1 Å². The molecule has 1 fully saturated rings. The summed E-state index contributed by atoms with van der Waals surface area (Å²) in [4.78, 5) is 16.3. The minimum Gasteiger partial charge on any atom is -0.478 e. The maximum atomic E-state index is 11.8. The van der Waals surface area contributed by atoms with Crippen molar-refractivity contribution in [2.75, 3.05) is 0 Å². The molecule has 0 bridgehead atoms. The van der Waals surface area contributed by atoms with Crippen LogP contribution in [0.3, 0.4) is 0 Å². The Bertz CT molecular complexity index is 1250. The summed E-state index contributed by atoms with van der Waals surface area (Å²) in [5.74, 6) is -0.543. The molecule has 1 aliphatic rings. The third kappa shape index (κ3) is 3.28. The molecule has 1 saturated carbocycles. The Morgan fingerprint density at radius 2 is 1.87 bits per heavy atom. The van der Waals surface area contributed by atoms with E-state index >= 15 is 0 Å². The predicted molar refractivity (Wildman–Crippen MR) is 118 cm³/mol. The first kappa shape index (κ1) is 18.6. The first-order valence-corrected chi connectivity index (χ1v) is 10.4. The summed E-state index contributed by atoms with van der Waals surface area (Å²) in [6.07, 6.45) is 7.98. The van der Waals surface area contributed by atoms with Crippen LogP contribution in [-0.4, -0.2) is 16.1 Å². The Morgan fingerprint density at radius 1 is 1.03 bits per heavy atom. The maximum Gasteiger partial charge on any atom is 0.335 e. The normalized spacial score (nSPS) is 14.4. The zero-order chi connectivity index (χ0) is 20.7. The lowest BCUT2D eigenvalue weighted by atomic mass is 9.89. The van der Waals surface area contributed by atoms with E-state index < -0.39 is 5.97 Å². The second-order valence-electron chi connectivity index (χ2n) is 8.18. The van der Waals surface area contributed by atoms with E-state index in [4.69, 9.17) is 4.42 Å². The van der Waals surface area contributed by atoms with E-state index in [9.17, 15) is 9.90 Å². The predicted octanol–water partition coefficient (Wildman–Crippen LogP) is 6.83. The summed E-state index contributed by atoms with van der Waals surface area (Å²) < 4.78 is 5.73. The van der Waals surface area contributed by atoms with Crippen LogP contribution in [0.1, 0.15) is 53.1 Å². The number of benzene rings is 2. The molecule has 0 aliphatic heterocycles. The van der Waals surface area contributed by atoms with Crippen molar-refractivity contribution in [1.29, 1.82) is 0 Å². The van der Waals surface area contributed by atoms with Crippen molar-refractivity contribution in [2.45, 2.75) is 38.5 Å². The van der Waals surface area contributed by atoms with E-state index in [-0.39, 0.29) is 0 Å². The van der Waals surface area contributed by atoms with Gasteiger partial charge in [0.1, 0.15) is 6.26 Å². The fourth-order valence-corrected chi connectivity index (χ4v) is 4.62. The summed E-state index contributed by atoms with van der Waals surface area (Å²) in [6, 6.07) is 16.1. The molecule has 0 saturated heterocycles. The molecule has 2 heterocycles. The van der Waals surface area contributed by atoms with Crippen LogP contribution in [-0.2, 0) is 0 Å². The minimum absolute atomic E-state index is 0.315. The summed E-state index contributed by atoms with van der Waals surface area (Å²) >= 11 is 0. The molecule has 0 amide bonds. The van der Waals surface area contributed by atoms with Gasteiger partial charge in [-0.25, -0.2) is 9.78 Å². The smallest absolute Gasteiger partial charge is 0.335 e. The van der Waals surface area contributed by atoms with Crippen molar-refractivity contribution in [1.82, 2.24) is 4.98 Å². The molecule has 2 aromatic carbocycles. The number of carboxylic acids is 1. The van der Waals surface area contributed by atoms with Crippen molar-refractivity contribution < 1.29 is 14.3 Å². The van der Waals surface area contributed by atoms with E-state index in [1.54, 1.807) is 12.3 Å². The third-order valence-electron chi connectivity index (χ3n) is 6.17. The average Bonchev–Trinajstić information content (AvgIpc) is 3.43. The van der Waals surface area contributed by atoms with Crippen molar-refractivity contribution in [3.8, 4) is 22.3 Å². The summed E-state index contributed by atoms with van der Waals surface area (Å²) in [6.45, 7) is 2.08. The molecule has 2 aromatic heterocycles. The topological polar surface area (TPSA) is 63.3 Å². The van der Waals surface area contributed by atoms with Crippen LogP contribution in [0.5, 0.6) is 0 Å². The van der Waals surface area contributed by atoms with Crippen molar-refractivity contribution in [2.24, 2.45) is 0 Å². The van der Waals surface area contributed by atoms with Gasteiger partial charge in [-0.2, -0.15) is 0 Å². The number of nitrogens with zero attached hydrogens (tertiary/aromatic N) is 1. The van der Waals surface area contributed by atoms with Gasteiger partial charge in [0.2, 0.25) is 5.71 Å². The molecular formula is C26H23NO3. The van der Waals surface area contributed by atoms with Gasteiger partial charge in [-0.15, -0.1) is 0 Å². The Kier molecular flexibility index (Phi) is 4.62. The summed E-state index contributed by atoms with van der Waals surface area (Å²) in [7, 11) is 0. The summed E-state index contributed by atoms with van der Waals surface area (Å²) in [5.41, 5.74) is 7.21. The molecule has 0 unspecified atom stereocenters. The Morgan fingerprint density at radius 3 is 2.63 bits per heavy atom. The molecule has 1 N–H and O–H groups in total. The molecule has 4 nitrogen and oxygen atoms in total. The molecular weight excluding hydrogens is 374 g/mol. The number of hydrogen-bond acceptors (Lipinski definition) is 3. The molecule has 0 atom stereocenters. The number of pyridine rings is 1. The maximum absolute atomic E-state index is 11.8. The Balaban J connectivity index is 1.63. The van der Waals surface area contributed by atoms with Crippen LogP contribution in [0.4, 0.5) is 0 Å². The largest absolute Gasteiger partial charge is 0.478 e. The van der Waals surface area contributed by atoms with E-state index in [1.165, 1.54) is 5.56 Å². The number of hydrogen-bond donors (Lipinski definition) is 1. The molecule has 0 radical (unpaired) electrons. The highest BCUT2D eigenvalue weighted by Gasteiger charge is 2.23. The molecule has 150 valence electrons. The van der Waals surface area contributed by atoms with Gasteiger partial charge in [0.25, 0.3) is 0 Å². The molecule has 1 aliphatic carbocycles. The van der Waals surface area contributed by atoms with Gasteiger partial charge >= 0.3 is 5.97 Å². The fourth-order valence-electron chi connectivity index (χ4n) is 4.62. The van der Waals surface area contributed by atoms with E-state index in [1.807, 2.05) is 24.4 Å². The molecule has 0 spiro atoms. The van der Waals surface area contributed by atoms with Crippen molar-refractivity contribution in [3.63, 3.8) is 0 Å². The number of aromatic carboxylic acids is 1. The van der Waals surface area contributed by atoms with Crippen LogP contribution in [0.25, 0.3) is 33.4 Å². The minimum atomic E-state index is -0.857. The lowest BCUT2D eigenvalue weighted by Crippen LogP contribution is -2.05. The second-order valence-corrected chi connectivity index (χ2v) is 8.18. The number of carboxylic acid groups (broad SMARTS) is 1. The quantitative estimate of drug-likeness (QED) is 0.410. The van der Waals surface area contributed by atoms with E-state index in [0.29, 0.717) is 17.2 Å². The second kappa shape index (κ2) is 7.45. The highest BCUT2D eigenvalue weighted by Crippen LogP contribution is 2.39. The number of furan rings is 1. The standard InChI is InChI=1S/C26H23NO3/c1-16-5-4-8-18(11-16)20-13-23-24(15-30-25(23)27-14-20)19-9-10-21(26(28)29)22(12-19)17-6-2-3-7-17/h4-5,8-15,17H,2-3,6-7H2,1H3,(H,28,29). The van der Waals surface area contributed by atoms with Gasteiger partial charge in [-0.05, 0) is 60.6 Å². The van der Waals surface area contributed by atoms with Crippen LogP contribution >= 0.6 is 0 Å². The van der Waals surface area contributed by atoms with Gasteiger partial charge < -0.3 is 9.52 Å². The van der Waals surface area contributed by atoms with Gasteiger partial charge in [0.15, 0.2) is 0 Å². The number of fused-ring (bicyclic) bond motifs is 1. The van der Waals surface area contributed by atoms with E-state index in [0.717, 1.165) is 58.9 Å². The first-order valence-electron chi connectivity index (χ1n) is 10.4. The van der Waals surface area contributed by atoms with Crippen LogP contribution in [0.2, 0.25) is 0 Å². The average molecular weight is 397 g/mol. The monoisotopic (exact) mass is 397 g/mol. The number of aromatic nitrogens is 1. The molecule has 5 rings (SSSR count). The zero-order valence-electron chi connectivity index (χ0n) is 16.9. The van der Waals surface area contributed by atoms with Crippen LogP contribution in [0, 0.1) is 6.92 Å². The highest BCUT2D eigenvalue weighted by atomic mass is 16.4. The van der Waals surface area contributed by atoms with Gasteiger partial charge in [-0.1, -0.05) is 48.7 Å². The molecule has 30 heavy (non-hydrogen) atoms. The summed E-state index contributed by atoms with van der Waals surface area (Å²) in [5, 5.41) is 10.6. The lowest BCUT2D eigenvalue weighted by Gasteiger charge is -2.14. The van der Waals surface area contributed by atoms with Crippen LogP contribution in [0.15, 0.2) is 65.4 Å². The van der Waals surface area contributed by atoms with Gasteiger partial charge in [0.05, 0.1) is 5.56 Å². The Hall–Kier alpha value is -3.40. The van der Waals surface area contributed by atoms with Crippen molar-refractivity contribution in [3.05, 3.63) is 77.7 Å². The lowest BCUT2D eigenvalue weighted by molar-refractivity contribution is 0.0695.